The molecule has 92 valence electrons. The monoisotopic (exact) mass is 221 g/mol. The van der Waals surface area contributed by atoms with Gasteiger partial charge in [-0.15, -0.1) is 0 Å². The molecule has 0 saturated heterocycles. The van der Waals surface area contributed by atoms with E-state index in [1.165, 1.54) is 0 Å². The van der Waals surface area contributed by atoms with Crippen molar-refractivity contribution in [1.29, 1.82) is 0 Å². The van der Waals surface area contributed by atoms with Crippen LogP contribution < -0.4 is 5.32 Å². The lowest BCUT2D eigenvalue weighted by atomic mass is 10.1. The molecular weight excluding hydrogens is 198 g/mol. The van der Waals surface area contributed by atoms with Crippen molar-refractivity contribution in [2.24, 2.45) is 0 Å². The van der Waals surface area contributed by atoms with Gasteiger partial charge >= 0.3 is 0 Å². The largest absolute Gasteiger partial charge is 0.394 e. The summed E-state index contributed by atoms with van der Waals surface area (Å²) in [6, 6.07) is 0. The molecule has 0 atom stereocenters. The Morgan fingerprint density at radius 1 is 1.13 bits per heavy atom. The summed E-state index contributed by atoms with van der Waals surface area (Å²) in [4.78, 5) is 0. The molecule has 15 heavy (non-hydrogen) atoms. The van der Waals surface area contributed by atoms with Gasteiger partial charge in [-0.3, -0.25) is 0 Å². The van der Waals surface area contributed by atoms with Crippen molar-refractivity contribution in [2.75, 3.05) is 33.0 Å². The van der Waals surface area contributed by atoms with Crippen LogP contribution in [-0.4, -0.2) is 55.0 Å². The fraction of sp³-hybridized carbons (Fsp3) is 1.00. The minimum absolute atomic E-state index is 0.130. The Bertz CT molecular complexity index is 144. The van der Waals surface area contributed by atoms with Crippen molar-refractivity contribution >= 4 is 0 Å². The maximum absolute atomic E-state index is 9.05. The quantitative estimate of drug-likeness (QED) is 0.467. The molecule has 0 aromatic rings. The summed E-state index contributed by atoms with van der Waals surface area (Å²) < 4.78 is 10.6. The van der Waals surface area contributed by atoms with Gasteiger partial charge in [0.15, 0.2) is 6.29 Å². The van der Waals surface area contributed by atoms with E-state index in [0.29, 0.717) is 19.8 Å². The number of ether oxygens (including phenoxy) is 2. The van der Waals surface area contributed by atoms with Crippen LogP contribution in [0.15, 0.2) is 0 Å². The van der Waals surface area contributed by atoms with Crippen LogP contribution in [0.5, 0.6) is 0 Å². The van der Waals surface area contributed by atoms with Crippen molar-refractivity contribution in [3.63, 3.8) is 0 Å². The van der Waals surface area contributed by atoms with Gasteiger partial charge in [0.1, 0.15) is 0 Å². The minimum atomic E-state index is -0.688. The fourth-order valence-corrected chi connectivity index (χ4v) is 1.03. The lowest BCUT2D eigenvalue weighted by Gasteiger charge is -2.28. The third kappa shape index (κ3) is 6.06. The number of aliphatic hydroxyl groups excluding tert-OH is 2. The van der Waals surface area contributed by atoms with E-state index in [2.05, 4.69) is 5.32 Å². The first-order valence-electron chi connectivity index (χ1n) is 5.31. The van der Waals surface area contributed by atoms with Gasteiger partial charge in [0.25, 0.3) is 0 Å². The summed E-state index contributed by atoms with van der Waals surface area (Å²) >= 11 is 0. The number of hydrogen-bond donors (Lipinski definition) is 3. The lowest BCUT2D eigenvalue weighted by molar-refractivity contribution is -0.136. The molecule has 0 radical (unpaired) electrons. The minimum Gasteiger partial charge on any atom is -0.394 e. The van der Waals surface area contributed by atoms with E-state index in [1.807, 2.05) is 13.8 Å². The van der Waals surface area contributed by atoms with Crippen LogP contribution in [0.4, 0.5) is 0 Å². The Morgan fingerprint density at radius 3 is 1.93 bits per heavy atom. The Labute approximate surface area is 91.4 Å². The van der Waals surface area contributed by atoms with E-state index in [-0.39, 0.29) is 19.5 Å². The molecule has 0 aliphatic rings. The van der Waals surface area contributed by atoms with Gasteiger partial charge in [-0.2, -0.15) is 0 Å². The Kier molecular flexibility index (Phi) is 7.90. The summed E-state index contributed by atoms with van der Waals surface area (Å²) in [5, 5.41) is 21.1. The highest BCUT2D eigenvalue weighted by Gasteiger charge is 2.23. The lowest BCUT2D eigenvalue weighted by Crippen LogP contribution is -2.52. The zero-order valence-corrected chi connectivity index (χ0v) is 9.82. The van der Waals surface area contributed by atoms with Crippen LogP contribution in [0.2, 0.25) is 0 Å². The van der Waals surface area contributed by atoms with E-state index in [4.69, 9.17) is 19.7 Å². The zero-order chi connectivity index (χ0) is 11.7. The molecule has 0 amide bonds. The van der Waals surface area contributed by atoms with Crippen LogP contribution in [-0.2, 0) is 9.47 Å². The average Bonchev–Trinajstić information content (AvgIpc) is 2.26. The van der Waals surface area contributed by atoms with Gasteiger partial charge in [-0.1, -0.05) is 0 Å². The number of nitrogens with one attached hydrogen (secondary N) is 1. The van der Waals surface area contributed by atoms with Crippen LogP contribution in [0.3, 0.4) is 0 Å². The normalized spacial score (nSPS) is 12.4. The fourth-order valence-electron chi connectivity index (χ4n) is 1.03. The van der Waals surface area contributed by atoms with Crippen LogP contribution in [0.1, 0.15) is 20.8 Å². The second-order valence-corrected chi connectivity index (χ2v) is 3.60. The van der Waals surface area contributed by atoms with Crippen molar-refractivity contribution in [3.8, 4) is 0 Å². The van der Waals surface area contributed by atoms with Gasteiger partial charge in [-0.05, 0) is 20.8 Å². The summed E-state index contributed by atoms with van der Waals surface area (Å²) in [6.07, 6.45) is -0.336. The topological polar surface area (TPSA) is 71.0 Å². The summed E-state index contributed by atoms with van der Waals surface area (Å²) in [5.74, 6) is 0. The second-order valence-electron chi connectivity index (χ2n) is 3.60. The van der Waals surface area contributed by atoms with Crippen LogP contribution in [0.25, 0.3) is 0 Å². The van der Waals surface area contributed by atoms with E-state index in [1.54, 1.807) is 6.92 Å². The van der Waals surface area contributed by atoms with Crippen molar-refractivity contribution in [3.05, 3.63) is 0 Å². The summed E-state index contributed by atoms with van der Waals surface area (Å²) in [7, 11) is 0. The predicted molar refractivity (Wildman–Crippen MR) is 57.6 cm³/mol. The second kappa shape index (κ2) is 8.01. The van der Waals surface area contributed by atoms with Gasteiger partial charge in [0.2, 0.25) is 0 Å². The van der Waals surface area contributed by atoms with Crippen molar-refractivity contribution in [1.82, 2.24) is 5.32 Å². The number of aliphatic hydroxyl groups is 2. The first-order valence-corrected chi connectivity index (χ1v) is 5.31. The third-order valence-corrected chi connectivity index (χ3v) is 2.10. The van der Waals surface area contributed by atoms with E-state index in [9.17, 15) is 0 Å². The Morgan fingerprint density at radius 2 is 1.60 bits per heavy atom. The Hall–Kier alpha value is -0.200. The van der Waals surface area contributed by atoms with E-state index in [0.717, 1.165) is 0 Å². The van der Waals surface area contributed by atoms with E-state index < -0.39 is 5.54 Å². The zero-order valence-electron chi connectivity index (χ0n) is 9.82. The van der Waals surface area contributed by atoms with E-state index >= 15 is 0 Å². The molecule has 0 saturated carbocycles. The summed E-state index contributed by atoms with van der Waals surface area (Å²) in [5.41, 5.74) is -0.688. The first kappa shape index (κ1) is 14.8. The number of rotatable bonds is 9. The Balaban J connectivity index is 3.95. The molecule has 0 fully saturated rings. The molecule has 0 aliphatic carbocycles. The van der Waals surface area contributed by atoms with Crippen molar-refractivity contribution in [2.45, 2.75) is 32.6 Å². The molecule has 0 aliphatic heterocycles. The highest BCUT2D eigenvalue weighted by molar-refractivity contribution is 4.81. The van der Waals surface area contributed by atoms with Crippen molar-refractivity contribution < 1.29 is 19.7 Å². The maximum Gasteiger partial charge on any atom is 0.169 e. The SMILES string of the molecule is CCOC(CNC(C)(CO)CO)OCC. The number of hydrogen-bond acceptors (Lipinski definition) is 5. The third-order valence-electron chi connectivity index (χ3n) is 2.10. The van der Waals surface area contributed by atoms with Gasteiger partial charge in [0.05, 0.1) is 18.8 Å². The molecule has 5 heteroatoms. The standard InChI is InChI=1S/C10H23NO4/c1-4-14-9(15-5-2)6-11-10(3,7-12)8-13/h9,11-13H,4-8H2,1-3H3. The molecule has 0 aromatic carbocycles. The first-order chi connectivity index (χ1) is 7.11. The molecule has 5 nitrogen and oxygen atoms in total. The highest BCUT2D eigenvalue weighted by atomic mass is 16.7. The average molecular weight is 221 g/mol. The van der Waals surface area contributed by atoms with Gasteiger partial charge in [-0.25, -0.2) is 0 Å². The summed E-state index contributed by atoms with van der Waals surface area (Å²) in [6.45, 7) is 6.85. The molecule has 3 N–H and O–H groups in total. The molecule has 0 rings (SSSR count). The predicted octanol–water partition coefficient (Wildman–Crippen LogP) is -0.282. The maximum atomic E-state index is 9.05. The van der Waals surface area contributed by atoms with Crippen LogP contribution >= 0.6 is 0 Å². The molecule has 0 heterocycles. The molecular formula is C10H23NO4. The smallest absolute Gasteiger partial charge is 0.169 e. The van der Waals surface area contributed by atoms with Crippen LogP contribution in [0, 0.1) is 0 Å². The molecule has 0 aromatic heterocycles. The molecule has 0 bridgehead atoms. The molecule has 0 spiro atoms. The van der Waals surface area contributed by atoms with Gasteiger partial charge < -0.3 is 25.0 Å². The highest BCUT2D eigenvalue weighted by Crippen LogP contribution is 2.02. The molecule has 0 unspecified atom stereocenters. The van der Waals surface area contributed by atoms with Gasteiger partial charge in [0, 0.05) is 19.8 Å².